The summed E-state index contributed by atoms with van der Waals surface area (Å²) in [5.74, 6) is -0.175. The van der Waals surface area contributed by atoms with Crippen LogP contribution in [0.15, 0.2) is 0 Å². The number of nitriles is 1. The summed E-state index contributed by atoms with van der Waals surface area (Å²) in [5.41, 5.74) is 3.17. The first-order valence-corrected chi connectivity index (χ1v) is 5.39. The lowest BCUT2D eigenvalue weighted by molar-refractivity contribution is -0.120. The molecule has 2 N–H and O–H groups in total. The van der Waals surface area contributed by atoms with Gasteiger partial charge in [0.05, 0.1) is 18.3 Å². The lowest BCUT2D eigenvalue weighted by atomic mass is 10.2. The molecule has 0 unspecified atom stereocenters. The van der Waals surface area contributed by atoms with Gasteiger partial charge in [0.2, 0.25) is 5.91 Å². The Morgan fingerprint density at radius 2 is 2.24 bits per heavy atom. The third-order valence-electron chi connectivity index (χ3n) is 2.61. The normalized spacial score (nSPS) is 10.0. The lowest BCUT2D eigenvalue weighted by Crippen LogP contribution is -2.33. The molecule has 0 saturated carbocycles. The molecule has 0 fully saturated rings. The second-order valence-corrected chi connectivity index (χ2v) is 3.81. The zero-order chi connectivity index (χ0) is 12.8. The molecule has 0 radical (unpaired) electrons. The highest BCUT2D eigenvalue weighted by atomic mass is 16.1. The first kappa shape index (κ1) is 13.2. The van der Waals surface area contributed by atoms with Crippen molar-refractivity contribution in [1.82, 2.24) is 20.4 Å². The zero-order valence-electron chi connectivity index (χ0n) is 10.4. The van der Waals surface area contributed by atoms with Gasteiger partial charge in [0.15, 0.2) is 0 Å². The summed E-state index contributed by atoms with van der Waals surface area (Å²) in [6.45, 7) is 4.79. The molecule has 0 bridgehead atoms. The van der Waals surface area contributed by atoms with E-state index in [1.54, 1.807) is 0 Å². The van der Waals surface area contributed by atoms with E-state index in [-0.39, 0.29) is 19.0 Å². The third-order valence-corrected chi connectivity index (χ3v) is 2.61. The Bertz CT molecular complexity index is 443. The molecule has 17 heavy (non-hydrogen) atoms. The third kappa shape index (κ3) is 3.57. The Morgan fingerprint density at radius 3 is 2.76 bits per heavy atom. The number of nitrogens with zero attached hydrogens (tertiary/aromatic N) is 3. The SMILES string of the molecule is Cc1nn(C)c(C)c1CNCC(=O)NCC#N. The molecule has 1 amide bonds. The molecule has 0 aliphatic carbocycles. The van der Waals surface area contributed by atoms with E-state index >= 15 is 0 Å². The van der Waals surface area contributed by atoms with Crippen molar-refractivity contribution in [3.8, 4) is 6.07 Å². The molecule has 1 aromatic heterocycles. The van der Waals surface area contributed by atoms with Crippen molar-refractivity contribution >= 4 is 5.91 Å². The Kier molecular flexibility index (Phi) is 4.67. The number of hydrogen-bond donors (Lipinski definition) is 2. The van der Waals surface area contributed by atoms with Crippen LogP contribution >= 0.6 is 0 Å². The van der Waals surface area contributed by atoms with Crippen molar-refractivity contribution in [3.05, 3.63) is 17.0 Å². The maximum atomic E-state index is 11.2. The first-order chi connectivity index (χ1) is 8.06. The van der Waals surface area contributed by atoms with Crippen molar-refractivity contribution in [2.75, 3.05) is 13.1 Å². The summed E-state index contributed by atoms with van der Waals surface area (Å²) in [6.07, 6.45) is 0. The van der Waals surface area contributed by atoms with Gasteiger partial charge in [-0.15, -0.1) is 0 Å². The van der Waals surface area contributed by atoms with Gasteiger partial charge < -0.3 is 10.6 Å². The van der Waals surface area contributed by atoms with Crippen molar-refractivity contribution in [3.63, 3.8) is 0 Å². The molecule has 0 atom stereocenters. The summed E-state index contributed by atoms with van der Waals surface area (Å²) in [6, 6.07) is 1.86. The van der Waals surface area contributed by atoms with Crippen LogP contribution in [0.3, 0.4) is 0 Å². The zero-order valence-corrected chi connectivity index (χ0v) is 10.4. The minimum atomic E-state index is -0.175. The van der Waals surface area contributed by atoms with Crippen LogP contribution in [0.4, 0.5) is 0 Å². The molecule has 6 heteroatoms. The average Bonchev–Trinajstić information content (AvgIpc) is 2.53. The number of carbonyl (C=O) groups excluding carboxylic acids is 1. The van der Waals surface area contributed by atoms with Crippen LogP contribution in [-0.4, -0.2) is 28.8 Å². The summed E-state index contributed by atoms with van der Waals surface area (Å²) < 4.78 is 1.82. The van der Waals surface area contributed by atoms with Gasteiger partial charge in [-0.25, -0.2) is 0 Å². The fourth-order valence-electron chi connectivity index (χ4n) is 1.57. The number of aromatic nitrogens is 2. The Morgan fingerprint density at radius 1 is 1.53 bits per heavy atom. The van der Waals surface area contributed by atoms with Gasteiger partial charge in [0.25, 0.3) is 0 Å². The molecule has 92 valence electrons. The minimum absolute atomic E-state index is 0.0471. The number of amides is 1. The topological polar surface area (TPSA) is 82.7 Å². The second kappa shape index (κ2) is 6.01. The maximum absolute atomic E-state index is 11.2. The van der Waals surface area contributed by atoms with E-state index in [2.05, 4.69) is 15.7 Å². The van der Waals surface area contributed by atoms with Gasteiger partial charge in [-0.3, -0.25) is 9.48 Å². The molecule has 6 nitrogen and oxygen atoms in total. The smallest absolute Gasteiger partial charge is 0.234 e. The number of carbonyl (C=O) groups is 1. The first-order valence-electron chi connectivity index (χ1n) is 5.39. The summed E-state index contributed by atoms with van der Waals surface area (Å²) >= 11 is 0. The Balaban J connectivity index is 2.41. The fourth-order valence-corrected chi connectivity index (χ4v) is 1.57. The van der Waals surface area contributed by atoms with E-state index in [1.165, 1.54) is 0 Å². The van der Waals surface area contributed by atoms with E-state index in [0.717, 1.165) is 17.0 Å². The van der Waals surface area contributed by atoms with Gasteiger partial charge in [0, 0.05) is 24.8 Å². The van der Waals surface area contributed by atoms with Crippen molar-refractivity contribution in [1.29, 1.82) is 5.26 Å². The molecule has 0 aromatic carbocycles. The van der Waals surface area contributed by atoms with E-state index in [4.69, 9.17) is 5.26 Å². The molecule has 0 spiro atoms. The van der Waals surface area contributed by atoms with Crippen LogP contribution in [-0.2, 0) is 18.4 Å². The van der Waals surface area contributed by atoms with Crippen molar-refractivity contribution in [2.45, 2.75) is 20.4 Å². The standard InChI is InChI=1S/C11H17N5O/c1-8-10(9(2)16(3)15-8)6-13-7-11(17)14-5-4-12/h13H,5-7H2,1-3H3,(H,14,17). The monoisotopic (exact) mass is 235 g/mol. The number of hydrogen-bond acceptors (Lipinski definition) is 4. The molecule has 0 saturated heterocycles. The van der Waals surface area contributed by atoms with E-state index < -0.39 is 0 Å². The van der Waals surface area contributed by atoms with Crippen LogP contribution < -0.4 is 10.6 Å². The molecule has 1 heterocycles. The predicted molar refractivity (Wildman–Crippen MR) is 63.0 cm³/mol. The van der Waals surface area contributed by atoms with Gasteiger partial charge in [0.1, 0.15) is 6.54 Å². The van der Waals surface area contributed by atoms with Crippen LogP contribution in [0, 0.1) is 25.2 Å². The lowest BCUT2D eigenvalue weighted by Gasteiger charge is -2.05. The van der Waals surface area contributed by atoms with Gasteiger partial charge >= 0.3 is 0 Å². The largest absolute Gasteiger partial charge is 0.342 e. The number of nitrogens with one attached hydrogen (secondary N) is 2. The number of aryl methyl sites for hydroxylation is 2. The summed E-state index contributed by atoms with van der Waals surface area (Å²) in [7, 11) is 1.89. The highest BCUT2D eigenvalue weighted by molar-refractivity contribution is 5.78. The molecular weight excluding hydrogens is 218 g/mol. The van der Waals surface area contributed by atoms with Gasteiger partial charge in [-0.2, -0.15) is 10.4 Å². The fraction of sp³-hybridized carbons (Fsp3) is 0.545. The van der Waals surface area contributed by atoms with E-state index in [1.807, 2.05) is 31.6 Å². The molecule has 0 aliphatic heterocycles. The Labute approximate surface area is 101 Å². The highest BCUT2D eigenvalue weighted by Crippen LogP contribution is 2.10. The van der Waals surface area contributed by atoms with Gasteiger partial charge in [-0.05, 0) is 13.8 Å². The van der Waals surface area contributed by atoms with Crippen LogP contribution in [0.2, 0.25) is 0 Å². The molecular formula is C11H17N5O. The molecule has 1 rings (SSSR count). The van der Waals surface area contributed by atoms with E-state index in [0.29, 0.717) is 6.54 Å². The average molecular weight is 235 g/mol. The quantitative estimate of drug-likeness (QED) is 0.690. The second-order valence-electron chi connectivity index (χ2n) is 3.81. The summed E-state index contributed by atoms with van der Waals surface area (Å²) in [5, 5.41) is 18.1. The number of rotatable bonds is 5. The minimum Gasteiger partial charge on any atom is -0.342 e. The van der Waals surface area contributed by atoms with Gasteiger partial charge in [-0.1, -0.05) is 0 Å². The Hall–Kier alpha value is -1.87. The van der Waals surface area contributed by atoms with Crippen LogP contribution in [0.25, 0.3) is 0 Å². The van der Waals surface area contributed by atoms with E-state index in [9.17, 15) is 4.79 Å². The van der Waals surface area contributed by atoms with Crippen LogP contribution in [0.1, 0.15) is 17.0 Å². The highest BCUT2D eigenvalue weighted by Gasteiger charge is 2.09. The van der Waals surface area contributed by atoms with Crippen molar-refractivity contribution in [2.24, 2.45) is 7.05 Å². The van der Waals surface area contributed by atoms with Crippen molar-refractivity contribution < 1.29 is 4.79 Å². The summed E-state index contributed by atoms with van der Waals surface area (Å²) in [4.78, 5) is 11.2. The maximum Gasteiger partial charge on any atom is 0.234 e. The molecule has 0 aliphatic rings. The predicted octanol–water partition coefficient (Wildman–Crippen LogP) is -0.234. The van der Waals surface area contributed by atoms with Crippen LogP contribution in [0.5, 0.6) is 0 Å². The molecule has 1 aromatic rings.